The van der Waals surface area contributed by atoms with Crippen LogP contribution < -0.4 is 10.1 Å². The van der Waals surface area contributed by atoms with E-state index in [1.807, 2.05) is 0 Å². The van der Waals surface area contributed by atoms with Gasteiger partial charge in [0.05, 0.1) is 46.1 Å². The first-order chi connectivity index (χ1) is 15.1. The number of nitrogens with zero attached hydrogens (tertiary/aromatic N) is 2. The third-order valence-corrected chi connectivity index (χ3v) is 6.55. The molecule has 0 radical (unpaired) electrons. The second kappa shape index (κ2) is 10.3. The lowest BCUT2D eigenvalue weighted by Crippen LogP contribution is -2.47. The van der Waals surface area contributed by atoms with Crippen molar-refractivity contribution in [3.63, 3.8) is 0 Å². The Balaban J connectivity index is 1.63. The number of thiazole rings is 1. The van der Waals surface area contributed by atoms with E-state index in [2.05, 4.69) is 15.0 Å². The van der Waals surface area contributed by atoms with Crippen LogP contribution in [-0.2, 0) is 11.2 Å². The lowest BCUT2D eigenvalue weighted by molar-refractivity contribution is -0.274. The van der Waals surface area contributed by atoms with Crippen molar-refractivity contribution in [3.8, 4) is 5.75 Å². The third kappa shape index (κ3) is 5.87. The number of aliphatic hydroxyl groups is 3. The van der Waals surface area contributed by atoms with Crippen LogP contribution in [0.2, 0.25) is 0 Å². The van der Waals surface area contributed by atoms with Crippen LogP contribution in [0.15, 0.2) is 18.2 Å². The Hall–Kier alpha value is -1.99. The molecule has 0 bridgehead atoms. The summed E-state index contributed by atoms with van der Waals surface area (Å²) in [5.41, 5.74) is 0.409. The molecule has 4 N–H and O–H groups in total. The quantitative estimate of drug-likeness (QED) is 0.432. The summed E-state index contributed by atoms with van der Waals surface area (Å²) < 4.78 is 41.9. The molecular weight excluding hydrogens is 451 g/mol. The van der Waals surface area contributed by atoms with E-state index in [1.54, 1.807) is 11.8 Å². The van der Waals surface area contributed by atoms with Gasteiger partial charge in [-0.1, -0.05) is 6.92 Å². The number of carbonyl (C=O) groups is 1. The maximum atomic E-state index is 12.4. The maximum Gasteiger partial charge on any atom is 0.573 e. The summed E-state index contributed by atoms with van der Waals surface area (Å²) in [5, 5.41) is 33.8. The van der Waals surface area contributed by atoms with Gasteiger partial charge in [-0.25, -0.2) is 4.98 Å². The summed E-state index contributed by atoms with van der Waals surface area (Å²) in [5.74, 6) is -0.507. The summed E-state index contributed by atoms with van der Waals surface area (Å²) in [6.45, 7) is 1.92. The molecule has 1 saturated heterocycles. The standard InChI is InChI=1S/C20H26F3N3O5S/c1-2-16(28)24-9-13-18(29)19(30)14(10-27)26(13)7-3-4-17-25-12-8-11(31-20(21,22)23)5-6-15(12)32-17/h5-6,8,13-14,18-19,27,29-30H,2-4,7,9-10H2,1H3,(H,24,28)/t13-,14-,18-,19-/m1/s1. The number of aryl methyl sites for hydroxylation is 1. The van der Waals surface area contributed by atoms with Gasteiger partial charge in [0.1, 0.15) is 5.75 Å². The molecule has 2 aromatic rings. The average molecular weight is 478 g/mol. The van der Waals surface area contributed by atoms with E-state index >= 15 is 0 Å². The molecule has 32 heavy (non-hydrogen) atoms. The number of aliphatic hydroxyl groups excluding tert-OH is 3. The number of likely N-dealkylation sites (tertiary alicyclic amines) is 1. The Labute approximate surface area is 186 Å². The van der Waals surface area contributed by atoms with E-state index in [0.29, 0.717) is 31.3 Å². The number of hydrogen-bond acceptors (Lipinski definition) is 8. The molecule has 0 unspecified atom stereocenters. The molecule has 1 amide bonds. The highest BCUT2D eigenvalue weighted by Crippen LogP contribution is 2.30. The summed E-state index contributed by atoms with van der Waals surface area (Å²) in [6, 6.07) is 2.80. The van der Waals surface area contributed by atoms with Crippen molar-refractivity contribution in [2.75, 3.05) is 19.7 Å². The molecule has 8 nitrogen and oxygen atoms in total. The Kier molecular flexibility index (Phi) is 7.93. The third-order valence-electron chi connectivity index (χ3n) is 5.45. The minimum atomic E-state index is -4.77. The summed E-state index contributed by atoms with van der Waals surface area (Å²) in [6.07, 6.45) is -5.64. The van der Waals surface area contributed by atoms with Gasteiger partial charge in [-0.2, -0.15) is 0 Å². The minimum absolute atomic E-state index is 0.143. The zero-order valence-corrected chi connectivity index (χ0v) is 18.2. The lowest BCUT2D eigenvalue weighted by Gasteiger charge is -2.29. The molecule has 0 saturated carbocycles. The molecule has 2 heterocycles. The Morgan fingerprint density at radius 3 is 2.66 bits per heavy atom. The number of nitrogens with one attached hydrogen (secondary N) is 1. The van der Waals surface area contributed by atoms with Crippen LogP contribution in [0.3, 0.4) is 0 Å². The van der Waals surface area contributed by atoms with Crippen LogP contribution >= 0.6 is 11.3 Å². The van der Waals surface area contributed by atoms with E-state index in [4.69, 9.17) is 0 Å². The fourth-order valence-electron chi connectivity index (χ4n) is 3.89. The fourth-order valence-corrected chi connectivity index (χ4v) is 4.88. The molecule has 0 aliphatic carbocycles. The molecule has 12 heteroatoms. The first kappa shape index (κ1) is 24.6. The van der Waals surface area contributed by atoms with Gasteiger partial charge in [0.15, 0.2) is 0 Å². The molecule has 1 aliphatic heterocycles. The number of aromatic nitrogens is 1. The molecule has 0 spiro atoms. The van der Waals surface area contributed by atoms with Gasteiger partial charge < -0.3 is 25.4 Å². The normalized spacial score (nSPS) is 24.2. The van der Waals surface area contributed by atoms with Crippen molar-refractivity contribution in [1.82, 2.24) is 15.2 Å². The number of rotatable bonds is 9. The average Bonchev–Trinajstić information content (AvgIpc) is 3.23. The van der Waals surface area contributed by atoms with Crippen molar-refractivity contribution in [1.29, 1.82) is 0 Å². The number of benzene rings is 1. The highest BCUT2D eigenvalue weighted by atomic mass is 32.1. The van der Waals surface area contributed by atoms with Crippen molar-refractivity contribution in [2.24, 2.45) is 0 Å². The lowest BCUT2D eigenvalue weighted by atomic mass is 10.1. The van der Waals surface area contributed by atoms with Crippen LogP contribution in [0.4, 0.5) is 13.2 Å². The number of hydrogen-bond donors (Lipinski definition) is 4. The second-order valence-corrected chi connectivity index (χ2v) is 8.70. The fraction of sp³-hybridized carbons (Fsp3) is 0.600. The maximum absolute atomic E-state index is 12.4. The van der Waals surface area contributed by atoms with Gasteiger partial charge >= 0.3 is 6.36 Å². The molecule has 1 fully saturated rings. The Morgan fingerprint density at radius 1 is 1.28 bits per heavy atom. The van der Waals surface area contributed by atoms with Crippen molar-refractivity contribution in [2.45, 2.75) is 56.8 Å². The molecule has 1 aliphatic rings. The summed E-state index contributed by atoms with van der Waals surface area (Å²) in [4.78, 5) is 17.8. The largest absolute Gasteiger partial charge is 0.573 e. The van der Waals surface area contributed by atoms with E-state index < -0.39 is 30.7 Å². The number of carbonyl (C=O) groups excluding carboxylic acids is 1. The number of fused-ring (bicyclic) bond motifs is 1. The zero-order valence-electron chi connectivity index (χ0n) is 17.4. The van der Waals surface area contributed by atoms with Crippen molar-refractivity contribution >= 4 is 27.5 Å². The minimum Gasteiger partial charge on any atom is -0.406 e. The van der Waals surface area contributed by atoms with E-state index in [9.17, 15) is 33.3 Å². The highest BCUT2D eigenvalue weighted by molar-refractivity contribution is 7.18. The summed E-state index contributed by atoms with van der Waals surface area (Å²) in [7, 11) is 0. The summed E-state index contributed by atoms with van der Waals surface area (Å²) >= 11 is 1.36. The van der Waals surface area contributed by atoms with E-state index in [-0.39, 0.29) is 24.8 Å². The molecule has 178 valence electrons. The van der Waals surface area contributed by atoms with Gasteiger partial charge in [-0.05, 0) is 25.1 Å². The van der Waals surface area contributed by atoms with Crippen LogP contribution in [0.1, 0.15) is 24.8 Å². The number of alkyl halides is 3. The van der Waals surface area contributed by atoms with Crippen LogP contribution in [0.5, 0.6) is 5.75 Å². The van der Waals surface area contributed by atoms with E-state index in [0.717, 1.165) is 9.71 Å². The van der Waals surface area contributed by atoms with Crippen molar-refractivity contribution in [3.05, 3.63) is 23.2 Å². The SMILES string of the molecule is CCC(=O)NC[C@@H]1[C@@H](O)[C@H](O)[C@@H](CO)N1CCCc1nc2cc(OC(F)(F)F)ccc2s1. The number of halogens is 3. The number of amides is 1. The predicted octanol–water partition coefficient (Wildman–Crippen LogP) is 1.42. The monoisotopic (exact) mass is 477 g/mol. The van der Waals surface area contributed by atoms with Gasteiger partial charge in [-0.15, -0.1) is 24.5 Å². The van der Waals surface area contributed by atoms with Gasteiger partial charge in [0.2, 0.25) is 5.91 Å². The molecule has 3 rings (SSSR count). The second-order valence-electron chi connectivity index (χ2n) is 7.58. The first-order valence-corrected chi connectivity index (χ1v) is 11.1. The Morgan fingerprint density at radius 2 is 2.00 bits per heavy atom. The van der Waals surface area contributed by atoms with Crippen LogP contribution in [-0.4, -0.2) is 81.5 Å². The molecular formula is C20H26F3N3O5S. The topological polar surface area (TPSA) is 115 Å². The zero-order chi connectivity index (χ0) is 23.5. The highest BCUT2D eigenvalue weighted by Gasteiger charge is 2.46. The predicted molar refractivity (Wildman–Crippen MR) is 111 cm³/mol. The van der Waals surface area contributed by atoms with Crippen LogP contribution in [0, 0.1) is 0 Å². The Bertz CT molecular complexity index is 926. The van der Waals surface area contributed by atoms with Crippen LogP contribution in [0.25, 0.3) is 10.2 Å². The first-order valence-electron chi connectivity index (χ1n) is 10.3. The smallest absolute Gasteiger partial charge is 0.406 e. The molecule has 1 aromatic carbocycles. The van der Waals surface area contributed by atoms with E-state index in [1.165, 1.54) is 29.5 Å². The molecule has 4 atom stereocenters. The van der Waals surface area contributed by atoms with Crippen molar-refractivity contribution < 1.29 is 38.0 Å². The van der Waals surface area contributed by atoms with Gasteiger partial charge in [-0.3, -0.25) is 9.69 Å². The van der Waals surface area contributed by atoms with Gasteiger partial charge in [0.25, 0.3) is 0 Å². The number of ether oxygens (including phenoxy) is 1. The molecule has 1 aromatic heterocycles. The van der Waals surface area contributed by atoms with Gasteiger partial charge in [0, 0.05) is 25.5 Å².